The average molecular weight is 384 g/mol. The predicted molar refractivity (Wildman–Crippen MR) is 95.9 cm³/mol. The zero-order valence-corrected chi connectivity index (χ0v) is 14.9. The summed E-state index contributed by atoms with van der Waals surface area (Å²) in [4.78, 5) is 34.0. The highest BCUT2D eigenvalue weighted by Gasteiger charge is 2.18. The molecule has 0 heterocycles. The number of amides is 1. The lowest BCUT2D eigenvalue weighted by Gasteiger charge is -2.17. The third-order valence-electron chi connectivity index (χ3n) is 3.10. The van der Waals surface area contributed by atoms with Crippen molar-refractivity contribution >= 4 is 46.7 Å². The van der Waals surface area contributed by atoms with Crippen LogP contribution in [0, 0.1) is 0 Å². The molecule has 2 N–H and O–H groups in total. The molecule has 0 aromatic heterocycles. The fourth-order valence-corrected chi connectivity index (χ4v) is 2.19. The molecule has 8 heteroatoms. The van der Waals surface area contributed by atoms with Crippen molar-refractivity contribution < 1.29 is 24.6 Å². The first-order valence-electron chi connectivity index (χ1n) is 6.89. The maximum absolute atomic E-state index is 11.2. The maximum atomic E-state index is 11.2. The first kappa shape index (κ1) is 20.5. The first-order valence-corrected chi connectivity index (χ1v) is 7.65. The van der Waals surface area contributed by atoms with Crippen molar-refractivity contribution in [1.29, 1.82) is 0 Å². The van der Waals surface area contributed by atoms with Gasteiger partial charge in [-0.3, -0.25) is 4.79 Å². The minimum Gasteiger partial charge on any atom is -0.478 e. The molecule has 2 rings (SSSR count). The van der Waals surface area contributed by atoms with Crippen LogP contribution in [0.15, 0.2) is 42.5 Å². The lowest BCUT2D eigenvalue weighted by Crippen LogP contribution is -2.25. The van der Waals surface area contributed by atoms with Gasteiger partial charge in [0.25, 0.3) is 0 Å². The summed E-state index contributed by atoms with van der Waals surface area (Å²) in [6.45, 7) is 1.26. The summed E-state index contributed by atoms with van der Waals surface area (Å²) < 4.78 is 0. The molecule has 0 saturated carbocycles. The Bertz CT molecular complexity index is 790. The molecular weight excluding hydrogens is 369 g/mol. The Morgan fingerprint density at radius 3 is 1.84 bits per heavy atom. The van der Waals surface area contributed by atoms with Crippen molar-refractivity contribution in [2.75, 3.05) is 11.9 Å². The van der Waals surface area contributed by atoms with Gasteiger partial charge in [-0.1, -0.05) is 29.3 Å². The number of carbonyl (C=O) groups is 3. The summed E-state index contributed by atoms with van der Waals surface area (Å²) in [5.41, 5.74) is -0.129. The molecule has 0 atom stereocenters. The van der Waals surface area contributed by atoms with E-state index in [9.17, 15) is 14.4 Å². The molecule has 2 aromatic carbocycles. The zero-order chi connectivity index (χ0) is 19.1. The fraction of sp³-hybridized carbons (Fsp3) is 0.118. The van der Waals surface area contributed by atoms with Crippen molar-refractivity contribution in [3.63, 3.8) is 0 Å². The van der Waals surface area contributed by atoms with E-state index in [-0.39, 0.29) is 22.7 Å². The number of carbonyl (C=O) groups excluding carboxylic acids is 1. The van der Waals surface area contributed by atoms with Gasteiger partial charge in [0.2, 0.25) is 5.91 Å². The van der Waals surface area contributed by atoms with Crippen LogP contribution in [0.2, 0.25) is 10.0 Å². The number of carboxylic acids is 2. The van der Waals surface area contributed by atoms with Gasteiger partial charge < -0.3 is 15.1 Å². The normalized spacial score (nSPS) is 9.60. The first-order chi connectivity index (χ1) is 11.6. The largest absolute Gasteiger partial charge is 0.478 e. The van der Waals surface area contributed by atoms with Crippen LogP contribution in [0.4, 0.5) is 5.69 Å². The average Bonchev–Trinajstić information content (AvgIpc) is 2.53. The van der Waals surface area contributed by atoms with Crippen molar-refractivity contribution in [2.45, 2.75) is 6.92 Å². The second-order valence-electron chi connectivity index (χ2n) is 4.86. The van der Waals surface area contributed by atoms with Crippen molar-refractivity contribution in [3.05, 3.63) is 63.6 Å². The Hall–Kier alpha value is -2.57. The van der Waals surface area contributed by atoms with Crippen LogP contribution in [-0.4, -0.2) is 35.1 Å². The summed E-state index contributed by atoms with van der Waals surface area (Å²) in [6, 6.07) is 10.6. The van der Waals surface area contributed by atoms with Crippen LogP contribution < -0.4 is 4.90 Å². The van der Waals surface area contributed by atoms with E-state index in [2.05, 4.69) is 0 Å². The molecule has 132 valence electrons. The molecule has 2 aromatic rings. The topological polar surface area (TPSA) is 94.9 Å². The number of carboxylic acid groups (broad SMARTS) is 2. The van der Waals surface area contributed by atoms with E-state index in [0.717, 1.165) is 11.0 Å². The summed E-state index contributed by atoms with van der Waals surface area (Å²) in [5, 5.41) is 19.1. The van der Waals surface area contributed by atoms with Crippen molar-refractivity contribution in [3.8, 4) is 0 Å². The predicted octanol–water partition coefficient (Wildman–Crippen LogP) is 4.06. The molecule has 0 spiro atoms. The number of hydrogen-bond acceptors (Lipinski definition) is 3. The molecule has 0 aliphatic rings. The molecule has 0 radical (unpaired) electrons. The van der Waals surface area contributed by atoms with Gasteiger partial charge in [-0.2, -0.15) is 0 Å². The number of hydrogen-bond donors (Lipinski definition) is 2. The third kappa shape index (κ3) is 6.10. The molecule has 0 bridgehead atoms. The highest BCUT2D eigenvalue weighted by Crippen LogP contribution is 2.22. The van der Waals surface area contributed by atoms with Crippen LogP contribution in [0.1, 0.15) is 27.6 Å². The van der Waals surface area contributed by atoms with E-state index in [4.69, 9.17) is 33.4 Å². The second-order valence-corrected chi connectivity index (χ2v) is 5.73. The molecule has 0 unspecified atom stereocenters. The number of benzene rings is 2. The summed E-state index contributed by atoms with van der Waals surface area (Å²) >= 11 is 11.1. The molecule has 0 aliphatic carbocycles. The lowest BCUT2D eigenvalue weighted by molar-refractivity contribution is -0.116. The van der Waals surface area contributed by atoms with Crippen LogP contribution in [0.25, 0.3) is 0 Å². The molecule has 0 aliphatic heterocycles. The van der Waals surface area contributed by atoms with Crippen molar-refractivity contribution in [1.82, 2.24) is 0 Å². The minimum atomic E-state index is -1.22. The van der Waals surface area contributed by atoms with Gasteiger partial charge in [0.1, 0.15) is 0 Å². The smallest absolute Gasteiger partial charge is 0.337 e. The monoisotopic (exact) mass is 383 g/mol. The van der Waals surface area contributed by atoms with E-state index in [1.807, 2.05) is 6.07 Å². The van der Waals surface area contributed by atoms with Gasteiger partial charge in [-0.15, -0.1) is 0 Å². The molecule has 25 heavy (non-hydrogen) atoms. The van der Waals surface area contributed by atoms with Crippen molar-refractivity contribution in [2.24, 2.45) is 0 Å². The Morgan fingerprint density at radius 2 is 1.48 bits per heavy atom. The van der Waals surface area contributed by atoms with Crippen LogP contribution >= 0.6 is 23.2 Å². The van der Waals surface area contributed by atoms with Crippen LogP contribution in [-0.2, 0) is 4.79 Å². The summed E-state index contributed by atoms with van der Waals surface area (Å²) in [7, 11) is 1.38. The van der Waals surface area contributed by atoms with Gasteiger partial charge in [-0.25, -0.2) is 9.59 Å². The SMILES string of the molecule is CC(=O)N(C)c1cc(C(=O)O)ccc1C(=O)O.Clc1cccc(Cl)c1. The quantitative estimate of drug-likeness (QED) is 0.832. The molecule has 1 amide bonds. The zero-order valence-electron chi connectivity index (χ0n) is 13.4. The van der Waals surface area contributed by atoms with Gasteiger partial charge in [0.15, 0.2) is 0 Å². The number of aromatic carboxylic acids is 2. The second kappa shape index (κ2) is 9.05. The highest BCUT2D eigenvalue weighted by molar-refractivity contribution is 6.34. The van der Waals surface area contributed by atoms with Gasteiger partial charge in [0, 0.05) is 24.0 Å². The third-order valence-corrected chi connectivity index (χ3v) is 3.57. The van der Waals surface area contributed by atoms with Gasteiger partial charge >= 0.3 is 11.9 Å². The van der Waals surface area contributed by atoms with E-state index in [0.29, 0.717) is 10.0 Å². The van der Waals surface area contributed by atoms with E-state index in [1.165, 1.54) is 26.1 Å². The Balaban J connectivity index is 0.000000324. The molecular formula is C17H15Cl2NO5. The molecule has 0 fully saturated rings. The Kier molecular flexibility index (Phi) is 7.42. The highest BCUT2D eigenvalue weighted by atomic mass is 35.5. The minimum absolute atomic E-state index is 0.0601. The number of rotatable bonds is 3. The van der Waals surface area contributed by atoms with Crippen LogP contribution in [0.5, 0.6) is 0 Å². The number of nitrogens with zero attached hydrogens (tertiary/aromatic N) is 1. The fourth-order valence-electron chi connectivity index (χ4n) is 1.75. The van der Waals surface area contributed by atoms with E-state index < -0.39 is 11.9 Å². The van der Waals surface area contributed by atoms with E-state index in [1.54, 1.807) is 18.2 Å². The molecule has 6 nitrogen and oxygen atoms in total. The molecule has 0 saturated heterocycles. The Morgan fingerprint density at radius 1 is 0.920 bits per heavy atom. The number of anilines is 1. The van der Waals surface area contributed by atoms with Gasteiger partial charge in [-0.05, 0) is 36.4 Å². The van der Waals surface area contributed by atoms with E-state index >= 15 is 0 Å². The summed E-state index contributed by atoms with van der Waals surface area (Å²) in [6.07, 6.45) is 0. The maximum Gasteiger partial charge on any atom is 0.337 e. The number of halogens is 2. The standard InChI is InChI=1S/C11H11NO5.C6H4Cl2/c1-6(13)12(2)9-5-7(10(14)15)3-4-8(9)11(16)17;7-5-2-1-3-6(8)4-5/h3-5H,1-2H3,(H,14,15)(H,16,17);1-4H. The Labute approximate surface area is 154 Å². The summed E-state index contributed by atoms with van der Waals surface area (Å²) in [5.74, 6) is -2.78. The lowest BCUT2D eigenvalue weighted by atomic mass is 10.1. The van der Waals surface area contributed by atoms with Crippen LogP contribution in [0.3, 0.4) is 0 Å². The van der Waals surface area contributed by atoms with Gasteiger partial charge in [0.05, 0.1) is 16.8 Å².